The zero-order valence-corrected chi connectivity index (χ0v) is 30.2. The summed E-state index contributed by atoms with van der Waals surface area (Å²) in [6.07, 6.45) is -3.88. The van der Waals surface area contributed by atoms with E-state index in [-0.39, 0.29) is 36.8 Å². The number of methoxy groups -OCH3 is 1. The topological polar surface area (TPSA) is 136 Å². The fraction of sp³-hybridized carbons (Fsp3) is 0.829. The lowest BCUT2D eigenvalue weighted by molar-refractivity contribution is -0.295. The van der Waals surface area contributed by atoms with Gasteiger partial charge in [0, 0.05) is 43.7 Å². The number of carbonyl (C=O) groups is 3. The number of nitrogens with zero attached hydrogens (tertiary/aromatic N) is 3. The van der Waals surface area contributed by atoms with E-state index in [1.54, 1.807) is 25.7 Å². The largest absolute Gasteiger partial charge is 0.455 e. The van der Waals surface area contributed by atoms with Gasteiger partial charge < -0.3 is 33.7 Å². The molecule has 0 radical (unpaired) electrons. The third-order valence-electron chi connectivity index (χ3n) is 11.1. The van der Waals surface area contributed by atoms with Crippen LogP contribution in [0.5, 0.6) is 0 Å². The minimum Gasteiger partial charge on any atom is -0.455 e. The fourth-order valence-electron chi connectivity index (χ4n) is 8.61. The van der Waals surface area contributed by atoms with Crippen molar-refractivity contribution in [2.75, 3.05) is 34.3 Å². The molecule has 13 atom stereocenters. The van der Waals surface area contributed by atoms with Gasteiger partial charge in [-0.05, 0) is 60.0 Å². The number of rotatable bonds is 7. The molecule has 3 saturated heterocycles. The van der Waals surface area contributed by atoms with Gasteiger partial charge in [-0.25, -0.2) is 14.0 Å². The summed E-state index contributed by atoms with van der Waals surface area (Å²) in [5, 5.41) is 11.4. The Bertz CT molecular complexity index is 1270. The van der Waals surface area contributed by atoms with E-state index < -0.39 is 77.7 Å². The van der Waals surface area contributed by atoms with Gasteiger partial charge in [-0.2, -0.15) is 0 Å². The van der Waals surface area contributed by atoms with E-state index in [9.17, 15) is 19.5 Å². The number of aliphatic imine (C=N–C) groups is 1. The van der Waals surface area contributed by atoms with E-state index in [4.69, 9.17) is 28.7 Å². The number of halogens is 1. The Kier molecular flexibility index (Phi) is 11.5. The molecule has 0 spiro atoms. The van der Waals surface area contributed by atoms with Gasteiger partial charge in [-0.3, -0.25) is 14.7 Å². The number of ketones is 1. The Morgan fingerprint density at radius 2 is 1.83 bits per heavy atom. The molecule has 0 aromatic heterocycles. The molecular weight excluding hydrogens is 625 g/mol. The number of Topliss-reactive ketones (excluding diaryl/α,β-unsaturated/α-hetero) is 1. The molecule has 0 aliphatic carbocycles. The van der Waals surface area contributed by atoms with Crippen molar-refractivity contribution in [3.63, 3.8) is 0 Å². The maximum absolute atomic E-state index is 17.2. The number of fused-ring (bicyclic) bond motifs is 1. The molecule has 12 nitrogen and oxygen atoms in total. The van der Waals surface area contributed by atoms with Crippen molar-refractivity contribution < 1.29 is 47.6 Å². The molecule has 272 valence electrons. The first-order chi connectivity index (χ1) is 22.4. The molecule has 4 rings (SSSR count). The number of hydrogen-bond donors (Lipinski definition) is 1. The van der Waals surface area contributed by atoms with Crippen LogP contribution < -0.4 is 0 Å². The summed E-state index contributed by atoms with van der Waals surface area (Å²) >= 11 is 0. The monoisotopic (exact) mass is 681 g/mol. The SMILES string of the molecule is C=CCC1(F)C(=O)O[C@H](CC)[C@@]2(C)OC(=O)N3CCN=C([C@H](C)C[C@](C)(OC)[C@H](O[C@@H]4O[C@H](C)C[C@H](N(C)C)[C@H]4O)[C@@H](C)C1=O)[C@H](C)[C@@H]32. The summed E-state index contributed by atoms with van der Waals surface area (Å²) in [4.78, 5) is 50.1. The zero-order chi connectivity index (χ0) is 35.9. The van der Waals surface area contributed by atoms with Crippen molar-refractivity contribution in [2.24, 2.45) is 22.7 Å². The standard InChI is InChI=1S/C35H56FN3O9/c1-12-14-35(36)28(41)22(6)29(47-30-26(40)23(38(9)10)17-20(4)45-30)33(7,44-11)18-19(3)25-21(5)27-34(8,24(13-2)46-31(35)42)48-32(43)39(27)16-15-37-25/h12,19-24,26-27,29-30,40H,1,13-18H2,2-11H3/t19-,20-,21+,22+,23+,24-,26-,27-,29-,30+,33+,34-,35?/m1/s1. The van der Waals surface area contributed by atoms with Gasteiger partial charge in [0.15, 0.2) is 17.7 Å². The van der Waals surface area contributed by atoms with Crippen LogP contribution in [0.1, 0.15) is 74.1 Å². The molecule has 1 amide bonds. The van der Waals surface area contributed by atoms with Crippen molar-refractivity contribution in [3.05, 3.63) is 12.7 Å². The Labute approximate surface area is 284 Å². The maximum atomic E-state index is 17.2. The van der Waals surface area contributed by atoms with Gasteiger partial charge in [-0.15, -0.1) is 6.58 Å². The van der Waals surface area contributed by atoms with E-state index in [0.717, 1.165) is 11.8 Å². The highest BCUT2D eigenvalue weighted by atomic mass is 19.1. The molecule has 4 heterocycles. The summed E-state index contributed by atoms with van der Waals surface area (Å²) in [6, 6.07) is -0.902. The highest BCUT2D eigenvalue weighted by molar-refractivity contribution is 6.08. The van der Waals surface area contributed by atoms with Crippen molar-refractivity contribution in [1.29, 1.82) is 0 Å². The number of hydrogen-bond acceptors (Lipinski definition) is 11. The summed E-state index contributed by atoms with van der Waals surface area (Å²) in [5.41, 5.74) is -4.97. The lowest BCUT2D eigenvalue weighted by Gasteiger charge is -2.47. The molecule has 3 fully saturated rings. The first kappa shape index (κ1) is 38.4. The van der Waals surface area contributed by atoms with Crippen LogP contribution in [-0.2, 0) is 33.3 Å². The molecule has 0 aromatic carbocycles. The van der Waals surface area contributed by atoms with Gasteiger partial charge in [0.25, 0.3) is 5.67 Å². The van der Waals surface area contributed by atoms with Gasteiger partial charge in [-0.1, -0.05) is 33.8 Å². The highest BCUT2D eigenvalue weighted by Gasteiger charge is 2.62. The number of carbonyl (C=O) groups excluding carboxylic acids is 3. The van der Waals surface area contributed by atoms with E-state index in [1.807, 2.05) is 39.8 Å². The normalized spacial score (nSPS) is 44.4. The second-order valence-electron chi connectivity index (χ2n) is 14.8. The fourth-order valence-corrected chi connectivity index (χ4v) is 8.61. The molecule has 2 bridgehead atoms. The van der Waals surface area contributed by atoms with Crippen LogP contribution in [0.15, 0.2) is 17.6 Å². The number of amides is 1. The lowest BCUT2D eigenvalue weighted by atomic mass is 9.72. The van der Waals surface area contributed by atoms with Crippen molar-refractivity contribution in [1.82, 2.24) is 9.80 Å². The maximum Gasteiger partial charge on any atom is 0.410 e. The Morgan fingerprint density at radius 1 is 1.17 bits per heavy atom. The second kappa shape index (κ2) is 14.4. The average Bonchev–Trinajstić information content (AvgIpc) is 3.15. The van der Waals surface area contributed by atoms with Crippen LogP contribution >= 0.6 is 0 Å². The molecule has 48 heavy (non-hydrogen) atoms. The Morgan fingerprint density at radius 3 is 2.42 bits per heavy atom. The van der Waals surface area contributed by atoms with Crippen LogP contribution in [0.2, 0.25) is 0 Å². The number of ether oxygens (including phenoxy) is 5. The summed E-state index contributed by atoms with van der Waals surface area (Å²) in [6.45, 7) is 16.8. The number of aliphatic hydroxyl groups excluding tert-OH is 1. The third kappa shape index (κ3) is 6.69. The molecule has 4 aliphatic rings. The van der Waals surface area contributed by atoms with Gasteiger partial charge >= 0.3 is 12.1 Å². The number of aliphatic hydroxyl groups is 1. The van der Waals surface area contributed by atoms with E-state index in [2.05, 4.69) is 6.58 Å². The number of alkyl halides is 1. The van der Waals surface area contributed by atoms with Gasteiger partial charge in [0.2, 0.25) is 0 Å². The first-order valence-electron chi connectivity index (χ1n) is 17.2. The molecule has 4 aliphatic heterocycles. The number of esters is 1. The van der Waals surface area contributed by atoms with Crippen LogP contribution in [0.25, 0.3) is 0 Å². The van der Waals surface area contributed by atoms with Crippen LogP contribution in [0.4, 0.5) is 9.18 Å². The molecule has 13 heteroatoms. The number of allylic oxidation sites excluding steroid dienone is 1. The quantitative estimate of drug-likeness (QED) is 0.241. The van der Waals surface area contributed by atoms with Gasteiger partial charge in [0.05, 0.1) is 30.4 Å². The summed E-state index contributed by atoms with van der Waals surface area (Å²) in [7, 11) is 5.19. The second-order valence-corrected chi connectivity index (χ2v) is 14.8. The Hall–Kier alpha value is -2.45. The minimum atomic E-state index is -3.15. The van der Waals surface area contributed by atoms with Crippen molar-refractivity contribution in [3.8, 4) is 0 Å². The predicted molar refractivity (Wildman–Crippen MR) is 176 cm³/mol. The van der Waals surface area contributed by atoms with E-state index in [1.165, 1.54) is 14.0 Å². The van der Waals surface area contributed by atoms with E-state index >= 15 is 4.39 Å². The smallest absolute Gasteiger partial charge is 0.410 e. The average molecular weight is 682 g/mol. The lowest BCUT2D eigenvalue weighted by Crippen LogP contribution is -2.62. The Balaban J connectivity index is 1.89. The molecular formula is C35H56FN3O9. The van der Waals surface area contributed by atoms with Crippen molar-refractivity contribution >= 4 is 23.6 Å². The summed E-state index contributed by atoms with van der Waals surface area (Å²) in [5.74, 6) is -4.37. The van der Waals surface area contributed by atoms with Gasteiger partial charge in [0.1, 0.15) is 12.2 Å². The van der Waals surface area contributed by atoms with Crippen LogP contribution in [0.3, 0.4) is 0 Å². The molecule has 0 saturated carbocycles. The zero-order valence-electron chi connectivity index (χ0n) is 30.2. The first-order valence-corrected chi connectivity index (χ1v) is 17.2. The van der Waals surface area contributed by atoms with Crippen LogP contribution in [-0.4, -0.2) is 132 Å². The van der Waals surface area contributed by atoms with Crippen LogP contribution in [0, 0.1) is 17.8 Å². The molecule has 1 unspecified atom stereocenters. The van der Waals surface area contributed by atoms with Crippen molar-refractivity contribution in [2.45, 2.75) is 134 Å². The predicted octanol–water partition coefficient (Wildman–Crippen LogP) is 3.72. The number of cyclic esters (lactones) is 1. The third-order valence-corrected chi connectivity index (χ3v) is 11.1. The molecule has 0 aromatic rings. The molecule has 1 N–H and O–H groups in total. The highest BCUT2D eigenvalue weighted by Crippen LogP contribution is 2.44. The summed E-state index contributed by atoms with van der Waals surface area (Å²) < 4.78 is 47.9. The van der Waals surface area contributed by atoms with E-state index in [0.29, 0.717) is 19.5 Å². The minimum absolute atomic E-state index is 0.193. The number of likely N-dealkylation sites (N-methyl/N-ethyl adjacent to an activating group) is 1.